The Morgan fingerprint density at radius 1 is 1.41 bits per heavy atom. The summed E-state index contributed by atoms with van der Waals surface area (Å²) in [7, 11) is 3.33. The molecule has 0 spiro atoms. The summed E-state index contributed by atoms with van der Waals surface area (Å²) in [4.78, 5) is 26.9. The van der Waals surface area contributed by atoms with Crippen molar-refractivity contribution < 1.29 is 36.1 Å². The molecule has 94 valence electrons. The number of primary amides is 1. The van der Waals surface area contributed by atoms with Crippen LogP contribution in [0.5, 0.6) is 0 Å². The Hall–Kier alpha value is -0.950. The van der Waals surface area contributed by atoms with E-state index in [1.807, 2.05) is 18.2 Å². The minimum absolute atomic E-state index is 0.0172. The number of carbonyl (C=O) groups is 2. The van der Waals surface area contributed by atoms with Gasteiger partial charge in [-0.15, -0.1) is 0 Å². The van der Waals surface area contributed by atoms with Crippen molar-refractivity contribution >= 4 is 11.8 Å². The van der Waals surface area contributed by atoms with Gasteiger partial charge in [-0.25, -0.2) is 0 Å². The number of quaternary nitrogens is 1. The van der Waals surface area contributed by atoms with Crippen molar-refractivity contribution in [1.82, 2.24) is 4.90 Å². The van der Waals surface area contributed by atoms with Gasteiger partial charge in [0.1, 0.15) is 0 Å². The van der Waals surface area contributed by atoms with Crippen LogP contribution in [-0.2, 0) is 4.79 Å². The molecular formula is C12H17IN2O2. The Bertz CT molecular complexity index is 421. The average Bonchev–Trinajstić information content (AvgIpc) is 2.37. The summed E-state index contributed by atoms with van der Waals surface area (Å²) in [6.07, 6.45) is 0. The summed E-state index contributed by atoms with van der Waals surface area (Å²) in [5.41, 5.74) is 0.662. The number of alkyl halides is 1. The van der Waals surface area contributed by atoms with Crippen LogP contribution in [0.15, 0.2) is 24.3 Å². The van der Waals surface area contributed by atoms with E-state index in [9.17, 15) is 9.59 Å². The first kappa shape index (κ1) is 14.1. The molecule has 17 heavy (non-hydrogen) atoms. The number of hydrogen-bond acceptors (Lipinski definition) is 2. The van der Waals surface area contributed by atoms with Gasteiger partial charge >= 0.3 is 112 Å². The molecule has 1 aromatic rings. The topological polar surface area (TPSA) is 54.0 Å². The van der Waals surface area contributed by atoms with Gasteiger partial charge in [-0.1, -0.05) is 0 Å². The third-order valence-corrected chi connectivity index (χ3v) is 4.27. The van der Waals surface area contributed by atoms with Gasteiger partial charge in [0, 0.05) is 0 Å². The van der Waals surface area contributed by atoms with E-state index in [1.54, 1.807) is 20.2 Å². The zero-order chi connectivity index (χ0) is 12.8. The van der Waals surface area contributed by atoms with Crippen molar-refractivity contribution in [1.29, 1.82) is 0 Å². The van der Waals surface area contributed by atoms with Crippen molar-refractivity contribution in [3.63, 3.8) is 0 Å². The molecule has 0 saturated carbocycles. The van der Waals surface area contributed by atoms with Crippen LogP contribution in [-0.4, -0.2) is 42.3 Å². The summed E-state index contributed by atoms with van der Waals surface area (Å²) in [5, 5.41) is 1.48. The van der Waals surface area contributed by atoms with Crippen LogP contribution in [0.25, 0.3) is 0 Å². The van der Waals surface area contributed by atoms with Gasteiger partial charge < -0.3 is 0 Å². The number of amides is 2. The second kappa shape index (κ2) is 6.70. The van der Waals surface area contributed by atoms with Gasteiger partial charge in [0.05, 0.1) is 0 Å². The number of nitrogens with zero attached hydrogens (tertiary/aromatic N) is 1. The van der Waals surface area contributed by atoms with Crippen LogP contribution in [0, 0.1) is 3.57 Å². The van der Waals surface area contributed by atoms with E-state index in [2.05, 4.69) is 4.93 Å². The van der Waals surface area contributed by atoms with Crippen molar-refractivity contribution in [2.45, 2.75) is 0 Å². The van der Waals surface area contributed by atoms with Crippen molar-refractivity contribution in [3.8, 4) is 0 Å². The predicted molar refractivity (Wildman–Crippen MR) is 60.9 cm³/mol. The van der Waals surface area contributed by atoms with Gasteiger partial charge in [-0.2, -0.15) is 0 Å². The molecule has 0 aliphatic heterocycles. The van der Waals surface area contributed by atoms with E-state index in [-0.39, 0.29) is 39.6 Å². The Morgan fingerprint density at radius 2 is 2.12 bits per heavy atom. The zero-order valence-electron chi connectivity index (χ0n) is 10.2. The molecule has 1 rings (SSSR count). The van der Waals surface area contributed by atoms with Crippen LogP contribution < -0.4 is 26.5 Å². The van der Waals surface area contributed by atoms with Crippen molar-refractivity contribution in [2.24, 2.45) is 0 Å². The molecule has 2 amide bonds. The number of hydrogen-bond donors (Lipinski definition) is 1. The first-order valence-corrected chi connectivity index (χ1v) is 8.49. The number of halogens is 1. The molecule has 0 unspecified atom stereocenters. The molecule has 1 aromatic carbocycles. The monoisotopic (exact) mass is 348 g/mol. The van der Waals surface area contributed by atoms with Crippen molar-refractivity contribution in [2.75, 3.05) is 25.6 Å². The van der Waals surface area contributed by atoms with Crippen LogP contribution >= 0.6 is 0 Å². The van der Waals surface area contributed by atoms with E-state index < -0.39 is 0 Å². The molecule has 0 saturated heterocycles. The van der Waals surface area contributed by atoms with Gasteiger partial charge in [-0.3, -0.25) is 0 Å². The predicted octanol–water partition coefficient (Wildman–Crippen LogP) is -3.63. The number of benzene rings is 1. The fraction of sp³-hybridized carbons (Fsp3) is 0.333. The summed E-state index contributed by atoms with van der Waals surface area (Å²) >= 11 is -0.0172. The summed E-state index contributed by atoms with van der Waals surface area (Å²) < 4.78 is 1.23. The Kier molecular flexibility index (Phi) is 5.57. The number of nitrogens with two attached hydrogens (primary N) is 1. The Labute approximate surface area is 112 Å². The molecule has 0 atom stereocenters. The molecule has 2 N–H and O–H groups in total. The van der Waals surface area contributed by atoms with E-state index in [0.29, 0.717) is 5.56 Å². The average molecular weight is 348 g/mol. The first-order valence-electron chi connectivity index (χ1n) is 5.25. The quantitative estimate of drug-likeness (QED) is 0.451. The SMILES string of the molecule is C[NH2+]C(=O)CN(C)C(=O)c1cccc([I-]C)c1. The van der Waals surface area contributed by atoms with Crippen LogP contribution in [0.4, 0.5) is 0 Å². The third kappa shape index (κ3) is 4.08. The van der Waals surface area contributed by atoms with Crippen molar-refractivity contribution in [3.05, 3.63) is 33.4 Å². The molecular weight excluding hydrogens is 331 g/mol. The molecule has 0 aromatic heterocycles. The van der Waals surface area contributed by atoms with E-state index in [1.165, 1.54) is 13.8 Å². The zero-order valence-corrected chi connectivity index (χ0v) is 12.4. The first-order chi connectivity index (χ1) is 8.08. The van der Waals surface area contributed by atoms with E-state index >= 15 is 0 Å². The molecule has 4 nitrogen and oxygen atoms in total. The molecule has 0 bridgehead atoms. The molecule has 0 heterocycles. The second-order valence-corrected chi connectivity index (χ2v) is 5.94. The molecule has 0 radical (unpaired) electrons. The van der Waals surface area contributed by atoms with Gasteiger partial charge in [0.2, 0.25) is 0 Å². The number of carbonyl (C=O) groups excluding carboxylic acids is 2. The maximum atomic E-state index is 12.0. The standard InChI is InChI=1S/C12H16IN2O2/c1-13-10-6-4-5-9(7-10)12(17)15(3)8-11(16)14-2/h4-7H,8H2,1-3H3,(H,14,16)/q-1/p+1. The van der Waals surface area contributed by atoms with Gasteiger partial charge in [0.15, 0.2) is 0 Å². The summed E-state index contributed by atoms with van der Waals surface area (Å²) in [6, 6.07) is 7.65. The number of likely N-dealkylation sites (N-methyl/N-ethyl adjacent to an activating group) is 2. The fourth-order valence-electron chi connectivity index (χ4n) is 1.36. The summed E-state index contributed by atoms with van der Waals surface area (Å²) in [5.74, 6) is -0.139. The fourth-order valence-corrected chi connectivity index (χ4v) is 2.57. The van der Waals surface area contributed by atoms with Crippen LogP contribution in [0.3, 0.4) is 0 Å². The molecule has 0 aliphatic rings. The molecule has 0 fully saturated rings. The normalized spacial score (nSPS) is 10.3. The van der Waals surface area contributed by atoms with Crippen LogP contribution in [0.2, 0.25) is 0 Å². The molecule has 5 heteroatoms. The van der Waals surface area contributed by atoms with Gasteiger partial charge in [-0.05, 0) is 0 Å². The maximum absolute atomic E-state index is 12.0. The Balaban J connectivity index is 2.77. The molecule has 0 aliphatic carbocycles. The summed E-state index contributed by atoms with van der Waals surface area (Å²) in [6.45, 7) is 0.140. The van der Waals surface area contributed by atoms with Crippen LogP contribution in [0.1, 0.15) is 10.4 Å². The van der Waals surface area contributed by atoms with E-state index in [4.69, 9.17) is 0 Å². The van der Waals surface area contributed by atoms with E-state index in [0.717, 1.165) is 0 Å². The Morgan fingerprint density at radius 3 is 2.71 bits per heavy atom. The third-order valence-electron chi connectivity index (χ3n) is 2.35. The number of rotatable bonds is 4. The second-order valence-electron chi connectivity index (χ2n) is 3.62. The minimum atomic E-state index is -0.0977. The van der Waals surface area contributed by atoms with Gasteiger partial charge in [0.25, 0.3) is 0 Å².